The molecule has 0 spiro atoms. The predicted molar refractivity (Wildman–Crippen MR) is 86.5 cm³/mol. The molecular formula is C13H17Cl2N3O3S. The number of carbonyl (C=O) groups excluding carboxylic acids is 2. The van der Waals surface area contributed by atoms with Gasteiger partial charge in [0.05, 0.1) is 9.94 Å². The maximum absolute atomic E-state index is 12.3. The van der Waals surface area contributed by atoms with Gasteiger partial charge in [-0.25, -0.2) is 5.48 Å². The Kier molecular flexibility index (Phi) is 5.65. The Morgan fingerprint density at radius 3 is 2.73 bits per heavy atom. The topological polar surface area (TPSA) is 81.7 Å². The van der Waals surface area contributed by atoms with E-state index in [2.05, 4.69) is 5.32 Å². The second kappa shape index (κ2) is 7.12. The third-order valence-corrected chi connectivity index (χ3v) is 6.18. The van der Waals surface area contributed by atoms with E-state index in [0.717, 1.165) is 0 Å². The number of carbonyl (C=O) groups is 2. The first-order valence-corrected chi connectivity index (χ1v) is 8.37. The lowest BCUT2D eigenvalue weighted by Crippen LogP contribution is -2.47. The number of likely N-dealkylation sites (N-methyl/N-ethyl adjacent to an activating group) is 1. The summed E-state index contributed by atoms with van der Waals surface area (Å²) in [6.45, 7) is 1.88. The van der Waals surface area contributed by atoms with Gasteiger partial charge < -0.3 is 10.2 Å². The summed E-state index contributed by atoms with van der Waals surface area (Å²) < 4.78 is 0. The molecule has 0 fully saturated rings. The van der Waals surface area contributed by atoms with E-state index in [-0.39, 0.29) is 17.2 Å². The molecule has 0 aromatic heterocycles. The van der Waals surface area contributed by atoms with Crippen LogP contribution in [0.1, 0.15) is 19.8 Å². The summed E-state index contributed by atoms with van der Waals surface area (Å²) in [5.74, 6) is -0.672. The normalized spacial score (nSPS) is 26.0. The summed E-state index contributed by atoms with van der Waals surface area (Å²) in [5, 5.41) is 12.5. The van der Waals surface area contributed by atoms with Gasteiger partial charge >= 0.3 is 0 Å². The molecular weight excluding hydrogens is 349 g/mol. The standard InChI is InChI=1S/C13H17Cl2N3O3S/c1-6(9-3-4-10(22-9)13(20)17-21)16-12(19)8-5-7(14)11(15)18(8)2/h4,6,8-9,21H,3,5H2,1-2H3,(H,16,19)(H,17,20)/t6-,8?,9?/m1/s1. The molecule has 2 rings (SSSR count). The van der Waals surface area contributed by atoms with Gasteiger partial charge in [-0.05, 0) is 13.3 Å². The molecule has 2 aliphatic rings. The number of rotatable bonds is 4. The van der Waals surface area contributed by atoms with Crippen LogP contribution >= 0.6 is 35.0 Å². The Hall–Kier alpha value is -0.890. The maximum Gasteiger partial charge on any atom is 0.280 e. The SMILES string of the molecule is C[C@@H](NC(=O)C1CC(Cl)=C(Cl)N1C)C1CC=C(C(=O)NO)S1. The van der Waals surface area contributed by atoms with E-state index in [1.165, 1.54) is 11.8 Å². The second-order valence-corrected chi connectivity index (χ2v) is 7.32. The zero-order valence-electron chi connectivity index (χ0n) is 12.1. The van der Waals surface area contributed by atoms with E-state index < -0.39 is 11.9 Å². The largest absolute Gasteiger partial charge is 0.352 e. The van der Waals surface area contributed by atoms with Gasteiger partial charge in [0.1, 0.15) is 11.2 Å². The number of nitrogens with one attached hydrogen (secondary N) is 2. The fourth-order valence-electron chi connectivity index (χ4n) is 2.39. The number of allylic oxidation sites excluding steroid dienone is 1. The highest BCUT2D eigenvalue weighted by Crippen LogP contribution is 2.35. The zero-order valence-corrected chi connectivity index (χ0v) is 14.4. The first-order chi connectivity index (χ1) is 10.3. The fourth-order valence-corrected chi connectivity index (χ4v) is 4.00. The Morgan fingerprint density at radius 1 is 1.50 bits per heavy atom. The predicted octanol–water partition coefficient (Wildman–Crippen LogP) is 1.74. The van der Waals surface area contributed by atoms with Crippen molar-refractivity contribution in [1.29, 1.82) is 0 Å². The van der Waals surface area contributed by atoms with Crippen molar-refractivity contribution in [1.82, 2.24) is 15.7 Å². The molecule has 0 saturated carbocycles. The molecule has 0 bridgehead atoms. The number of amides is 2. The van der Waals surface area contributed by atoms with Crippen molar-refractivity contribution in [3.8, 4) is 0 Å². The van der Waals surface area contributed by atoms with Crippen LogP contribution in [0, 0.1) is 0 Å². The first kappa shape index (κ1) is 17.5. The molecule has 9 heteroatoms. The molecule has 2 unspecified atom stereocenters. The van der Waals surface area contributed by atoms with E-state index in [4.69, 9.17) is 28.4 Å². The Labute approximate surface area is 142 Å². The highest BCUT2D eigenvalue weighted by molar-refractivity contribution is 8.04. The van der Waals surface area contributed by atoms with E-state index in [1.54, 1.807) is 23.5 Å². The van der Waals surface area contributed by atoms with Gasteiger partial charge in [0.25, 0.3) is 5.91 Å². The molecule has 6 nitrogen and oxygen atoms in total. The smallest absolute Gasteiger partial charge is 0.280 e. The van der Waals surface area contributed by atoms with Crippen molar-refractivity contribution in [2.45, 2.75) is 37.1 Å². The lowest BCUT2D eigenvalue weighted by molar-refractivity contribution is -0.125. The summed E-state index contributed by atoms with van der Waals surface area (Å²) in [6, 6.07) is -0.550. The fraction of sp³-hybridized carbons (Fsp3) is 0.538. The van der Waals surface area contributed by atoms with Crippen molar-refractivity contribution in [2.24, 2.45) is 0 Å². The van der Waals surface area contributed by atoms with Gasteiger partial charge in [-0.3, -0.25) is 14.8 Å². The molecule has 0 aromatic carbocycles. The lowest BCUT2D eigenvalue weighted by atomic mass is 10.1. The molecule has 3 atom stereocenters. The minimum atomic E-state index is -0.524. The molecule has 2 heterocycles. The quantitative estimate of drug-likeness (QED) is 0.401. The summed E-state index contributed by atoms with van der Waals surface area (Å²) in [7, 11) is 1.72. The Morgan fingerprint density at radius 2 is 2.18 bits per heavy atom. The Balaban J connectivity index is 1.88. The summed E-state index contributed by atoms with van der Waals surface area (Å²) >= 11 is 13.3. The van der Waals surface area contributed by atoms with Gasteiger partial charge in [-0.1, -0.05) is 29.3 Å². The Bertz CT molecular complexity index is 553. The van der Waals surface area contributed by atoms with Crippen molar-refractivity contribution >= 4 is 46.8 Å². The van der Waals surface area contributed by atoms with Crippen LogP contribution in [0.3, 0.4) is 0 Å². The summed E-state index contributed by atoms with van der Waals surface area (Å²) in [6.07, 6.45) is 2.79. The van der Waals surface area contributed by atoms with Crippen LogP contribution in [0.15, 0.2) is 21.2 Å². The molecule has 2 amide bonds. The van der Waals surface area contributed by atoms with Crippen LogP contribution in [0.5, 0.6) is 0 Å². The van der Waals surface area contributed by atoms with Crippen molar-refractivity contribution in [3.63, 3.8) is 0 Å². The molecule has 0 saturated heterocycles. The summed E-state index contributed by atoms with van der Waals surface area (Å²) in [4.78, 5) is 25.8. The van der Waals surface area contributed by atoms with Gasteiger partial charge in [-0.15, -0.1) is 11.8 Å². The van der Waals surface area contributed by atoms with Gasteiger partial charge in [-0.2, -0.15) is 0 Å². The molecule has 122 valence electrons. The molecule has 3 N–H and O–H groups in total. The summed E-state index contributed by atoms with van der Waals surface area (Å²) in [5.41, 5.74) is 1.61. The van der Waals surface area contributed by atoms with Crippen LogP contribution in [0.25, 0.3) is 0 Å². The van der Waals surface area contributed by atoms with E-state index >= 15 is 0 Å². The zero-order chi connectivity index (χ0) is 16.4. The molecule has 0 aliphatic carbocycles. The minimum absolute atomic E-state index is 0.0434. The number of hydrogen-bond acceptors (Lipinski definition) is 5. The van der Waals surface area contributed by atoms with Crippen LogP contribution < -0.4 is 10.8 Å². The minimum Gasteiger partial charge on any atom is -0.352 e. The number of thioether (sulfide) groups is 1. The highest BCUT2D eigenvalue weighted by atomic mass is 35.5. The van der Waals surface area contributed by atoms with Crippen molar-refractivity contribution in [2.75, 3.05) is 7.05 Å². The number of hydroxylamine groups is 1. The van der Waals surface area contributed by atoms with Crippen LogP contribution in [0.2, 0.25) is 0 Å². The van der Waals surface area contributed by atoms with Crippen LogP contribution in [-0.2, 0) is 9.59 Å². The molecule has 22 heavy (non-hydrogen) atoms. The van der Waals surface area contributed by atoms with Crippen LogP contribution in [0.4, 0.5) is 0 Å². The first-order valence-electron chi connectivity index (χ1n) is 6.73. The number of hydrogen-bond donors (Lipinski definition) is 3. The average Bonchev–Trinajstić information content (AvgIpc) is 3.08. The van der Waals surface area contributed by atoms with Crippen molar-refractivity contribution < 1.29 is 14.8 Å². The lowest BCUT2D eigenvalue weighted by Gasteiger charge is -2.26. The average molecular weight is 366 g/mol. The third-order valence-electron chi connectivity index (χ3n) is 3.74. The van der Waals surface area contributed by atoms with Gasteiger partial charge in [0.2, 0.25) is 5.91 Å². The third kappa shape index (κ3) is 3.53. The van der Waals surface area contributed by atoms with Crippen molar-refractivity contribution in [3.05, 3.63) is 21.2 Å². The molecule has 0 aromatic rings. The second-order valence-electron chi connectivity index (χ2n) is 5.23. The molecule has 0 radical (unpaired) electrons. The monoisotopic (exact) mass is 365 g/mol. The molecule has 2 aliphatic heterocycles. The van der Waals surface area contributed by atoms with Crippen LogP contribution in [-0.4, -0.2) is 46.3 Å². The maximum atomic E-state index is 12.3. The number of nitrogens with zero attached hydrogens (tertiary/aromatic N) is 1. The number of halogens is 2. The van der Waals surface area contributed by atoms with Gasteiger partial charge in [0, 0.05) is 24.8 Å². The van der Waals surface area contributed by atoms with E-state index in [0.29, 0.717) is 27.9 Å². The van der Waals surface area contributed by atoms with E-state index in [1.807, 2.05) is 6.92 Å². The van der Waals surface area contributed by atoms with Gasteiger partial charge in [0.15, 0.2) is 0 Å². The van der Waals surface area contributed by atoms with E-state index in [9.17, 15) is 9.59 Å². The highest BCUT2D eigenvalue weighted by Gasteiger charge is 2.35.